The van der Waals surface area contributed by atoms with E-state index in [0.29, 0.717) is 6.61 Å². The Labute approximate surface area is 115 Å². The smallest absolute Gasteiger partial charge is 0.147 e. The molecule has 1 fully saturated rings. The lowest BCUT2D eigenvalue weighted by molar-refractivity contribution is 0.0368. The zero-order valence-electron chi connectivity index (χ0n) is 11.5. The first-order valence-corrected chi connectivity index (χ1v) is 8.54. The Kier molecular flexibility index (Phi) is 4.60. The van der Waals surface area contributed by atoms with Gasteiger partial charge < -0.3 is 9.64 Å². The Morgan fingerprint density at radius 1 is 1.32 bits per heavy atom. The number of ether oxygens (including phenoxy) is 1. The molecule has 0 N–H and O–H groups in total. The van der Waals surface area contributed by atoms with Gasteiger partial charge in [-0.05, 0) is 12.6 Å². The predicted molar refractivity (Wildman–Crippen MR) is 75.8 cm³/mol. The number of likely N-dealkylation sites (N-methyl/N-ethyl adjacent to an activating group) is 1. The summed E-state index contributed by atoms with van der Waals surface area (Å²) in [7, 11) is -1.00. The van der Waals surface area contributed by atoms with E-state index in [1.807, 2.05) is 37.4 Å². The number of nitrogens with zero attached hydrogens (tertiary/aromatic N) is 1. The minimum atomic E-state index is -3.01. The van der Waals surface area contributed by atoms with Gasteiger partial charge in [-0.2, -0.15) is 0 Å². The van der Waals surface area contributed by atoms with Crippen LogP contribution >= 0.6 is 0 Å². The summed E-state index contributed by atoms with van der Waals surface area (Å²) >= 11 is 0. The third-order valence-corrected chi connectivity index (χ3v) is 4.42. The molecule has 0 amide bonds. The van der Waals surface area contributed by atoms with Crippen LogP contribution in [0.5, 0.6) is 0 Å². The molecule has 0 aromatic heterocycles. The predicted octanol–water partition coefficient (Wildman–Crippen LogP) is 1.35. The van der Waals surface area contributed by atoms with E-state index >= 15 is 0 Å². The summed E-state index contributed by atoms with van der Waals surface area (Å²) in [5, 5.41) is 0. The van der Waals surface area contributed by atoms with E-state index in [0.717, 1.165) is 18.7 Å². The Morgan fingerprint density at radius 3 is 2.63 bits per heavy atom. The average Bonchev–Trinajstić information content (AvgIpc) is 2.50. The summed E-state index contributed by atoms with van der Waals surface area (Å²) in [6, 6.07) is 9.89. The van der Waals surface area contributed by atoms with Crippen LogP contribution in [0.4, 0.5) is 0 Å². The van der Waals surface area contributed by atoms with Crippen LogP contribution in [-0.4, -0.2) is 52.1 Å². The molecule has 1 aromatic rings. The fourth-order valence-corrected chi connectivity index (χ4v) is 3.66. The van der Waals surface area contributed by atoms with Crippen LogP contribution in [0, 0.1) is 5.92 Å². The van der Waals surface area contributed by atoms with E-state index in [1.54, 1.807) is 0 Å². The number of rotatable bonds is 3. The molecule has 2 atom stereocenters. The van der Waals surface area contributed by atoms with Crippen LogP contribution in [0.1, 0.15) is 11.7 Å². The van der Waals surface area contributed by atoms with E-state index in [2.05, 4.69) is 4.90 Å². The molecule has 1 saturated heterocycles. The van der Waals surface area contributed by atoms with Crippen LogP contribution < -0.4 is 0 Å². The molecule has 4 nitrogen and oxygen atoms in total. The average molecular weight is 283 g/mol. The second kappa shape index (κ2) is 6.03. The monoisotopic (exact) mass is 283 g/mol. The fraction of sp³-hybridized carbons (Fsp3) is 0.571. The van der Waals surface area contributed by atoms with Crippen molar-refractivity contribution in [3.8, 4) is 0 Å². The lowest BCUT2D eigenvalue weighted by Crippen LogP contribution is -2.31. The first kappa shape index (κ1) is 14.5. The third kappa shape index (κ3) is 4.30. The Morgan fingerprint density at radius 2 is 2.00 bits per heavy atom. The summed E-state index contributed by atoms with van der Waals surface area (Å²) < 4.78 is 29.2. The number of hydrogen-bond donors (Lipinski definition) is 0. The van der Waals surface area contributed by atoms with Crippen LogP contribution in [0.2, 0.25) is 0 Å². The molecule has 5 heteroatoms. The van der Waals surface area contributed by atoms with Gasteiger partial charge in [-0.25, -0.2) is 8.42 Å². The number of hydrogen-bond acceptors (Lipinski definition) is 4. The lowest BCUT2D eigenvalue weighted by atomic mass is 9.97. The topological polar surface area (TPSA) is 46.6 Å². The van der Waals surface area contributed by atoms with Crippen LogP contribution in [0.15, 0.2) is 30.3 Å². The summed E-state index contributed by atoms with van der Waals surface area (Å²) in [5.41, 5.74) is 1.06. The molecule has 19 heavy (non-hydrogen) atoms. The molecule has 1 aliphatic heterocycles. The summed E-state index contributed by atoms with van der Waals surface area (Å²) in [4.78, 5) is 2.14. The van der Waals surface area contributed by atoms with Gasteiger partial charge in [0.25, 0.3) is 0 Å². The molecule has 2 rings (SSSR count). The molecule has 0 aliphatic carbocycles. The van der Waals surface area contributed by atoms with E-state index in [1.165, 1.54) is 6.26 Å². The van der Waals surface area contributed by atoms with Gasteiger partial charge in [0.15, 0.2) is 0 Å². The van der Waals surface area contributed by atoms with Crippen molar-refractivity contribution in [3.63, 3.8) is 0 Å². The van der Waals surface area contributed by atoms with Crippen LogP contribution in [0.3, 0.4) is 0 Å². The van der Waals surface area contributed by atoms with E-state index < -0.39 is 9.84 Å². The highest BCUT2D eigenvalue weighted by Crippen LogP contribution is 2.29. The molecule has 1 aliphatic rings. The van der Waals surface area contributed by atoms with Gasteiger partial charge in [-0.15, -0.1) is 0 Å². The van der Waals surface area contributed by atoms with E-state index in [9.17, 15) is 8.42 Å². The van der Waals surface area contributed by atoms with Crippen molar-refractivity contribution in [2.24, 2.45) is 5.92 Å². The van der Waals surface area contributed by atoms with Crippen LogP contribution in [-0.2, 0) is 14.6 Å². The van der Waals surface area contributed by atoms with Crippen molar-refractivity contribution >= 4 is 9.84 Å². The zero-order chi connectivity index (χ0) is 13.9. The third-order valence-electron chi connectivity index (χ3n) is 3.39. The maximum atomic E-state index is 11.6. The van der Waals surface area contributed by atoms with Crippen LogP contribution in [0.25, 0.3) is 0 Å². The molecular formula is C14H21NO3S. The van der Waals surface area contributed by atoms with Gasteiger partial charge in [0.2, 0.25) is 0 Å². The zero-order valence-corrected chi connectivity index (χ0v) is 12.3. The molecule has 1 unspecified atom stereocenters. The normalized spacial score (nSPS) is 26.0. The standard InChI is InChI=1S/C14H21NO3S/c1-15-8-9-18-14(12-6-4-3-5-7-12)13(10-15)11-19(2,16)17/h3-7,13-14H,8-11H2,1-2H3/t13-,14?/m1/s1. The van der Waals surface area contributed by atoms with Gasteiger partial charge in [-0.3, -0.25) is 0 Å². The number of sulfone groups is 1. The maximum absolute atomic E-state index is 11.6. The van der Waals surface area contributed by atoms with Crippen molar-refractivity contribution < 1.29 is 13.2 Å². The van der Waals surface area contributed by atoms with Crippen molar-refractivity contribution in [3.05, 3.63) is 35.9 Å². The van der Waals surface area contributed by atoms with E-state index in [-0.39, 0.29) is 17.8 Å². The van der Waals surface area contributed by atoms with Gasteiger partial charge >= 0.3 is 0 Å². The quantitative estimate of drug-likeness (QED) is 0.840. The second-order valence-corrected chi connectivity index (χ2v) is 7.50. The highest BCUT2D eigenvalue weighted by atomic mass is 32.2. The van der Waals surface area contributed by atoms with Crippen molar-refractivity contribution in [1.29, 1.82) is 0 Å². The maximum Gasteiger partial charge on any atom is 0.147 e. The molecule has 106 valence electrons. The molecule has 1 heterocycles. The molecule has 0 radical (unpaired) electrons. The minimum absolute atomic E-state index is 0.0232. The summed E-state index contributed by atoms with van der Waals surface area (Å²) in [6.45, 7) is 2.21. The van der Waals surface area contributed by atoms with Gasteiger partial charge in [0, 0.05) is 25.3 Å². The minimum Gasteiger partial charge on any atom is -0.372 e. The van der Waals surface area contributed by atoms with Gasteiger partial charge in [-0.1, -0.05) is 30.3 Å². The fourth-order valence-electron chi connectivity index (χ4n) is 2.60. The Bertz CT molecular complexity index is 501. The van der Waals surface area contributed by atoms with Crippen molar-refractivity contribution in [2.45, 2.75) is 6.10 Å². The summed E-state index contributed by atoms with van der Waals surface area (Å²) in [6.07, 6.45) is 1.15. The first-order valence-electron chi connectivity index (χ1n) is 6.48. The van der Waals surface area contributed by atoms with Crippen molar-refractivity contribution in [1.82, 2.24) is 4.90 Å². The Balaban J connectivity index is 2.26. The molecular weight excluding hydrogens is 262 g/mol. The van der Waals surface area contributed by atoms with Gasteiger partial charge in [0.05, 0.1) is 18.5 Å². The largest absolute Gasteiger partial charge is 0.372 e. The molecule has 0 saturated carbocycles. The number of benzene rings is 1. The molecule has 1 aromatic carbocycles. The van der Waals surface area contributed by atoms with Gasteiger partial charge in [0.1, 0.15) is 9.84 Å². The molecule has 0 spiro atoms. The molecule has 0 bridgehead atoms. The lowest BCUT2D eigenvalue weighted by Gasteiger charge is -2.26. The highest BCUT2D eigenvalue weighted by Gasteiger charge is 2.30. The SMILES string of the molecule is CN1CCOC(c2ccccc2)[C@@H](CS(C)(=O)=O)C1. The highest BCUT2D eigenvalue weighted by molar-refractivity contribution is 7.90. The van der Waals surface area contributed by atoms with E-state index in [4.69, 9.17) is 4.74 Å². The first-order chi connectivity index (χ1) is 8.96. The second-order valence-electron chi connectivity index (χ2n) is 5.32. The Hall–Kier alpha value is -0.910. The summed E-state index contributed by atoms with van der Waals surface area (Å²) in [5.74, 6) is 0.140. The van der Waals surface area contributed by atoms with Crippen molar-refractivity contribution in [2.75, 3.05) is 38.8 Å².